The summed E-state index contributed by atoms with van der Waals surface area (Å²) in [6.07, 6.45) is 2.20. The van der Waals surface area contributed by atoms with E-state index in [1.54, 1.807) is 0 Å². The van der Waals surface area contributed by atoms with Crippen molar-refractivity contribution in [3.8, 4) is 0 Å². The minimum Gasteiger partial charge on any atom is -0.118 e. The fourth-order valence-electron chi connectivity index (χ4n) is 1.08. The van der Waals surface area contributed by atoms with Crippen LogP contribution in [0.5, 0.6) is 0 Å². The fourth-order valence-corrected chi connectivity index (χ4v) is 1.45. The van der Waals surface area contributed by atoms with Gasteiger partial charge in [-0.05, 0) is 12.0 Å². The van der Waals surface area contributed by atoms with Crippen molar-refractivity contribution in [1.29, 1.82) is 0 Å². The normalized spacial score (nSPS) is 12.9. The Balaban J connectivity index is 2.61. The third kappa shape index (κ3) is 2.55. The van der Waals surface area contributed by atoms with E-state index in [0.717, 1.165) is 12.8 Å². The number of hydrogen-bond donors (Lipinski definition) is 0. The molecule has 0 nitrogen and oxygen atoms in total. The highest BCUT2D eigenvalue weighted by Crippen LogP contribution is 2.24. The summed E-state index contributed by atoms with van der Waals surface area (Å²) in [5.41, 5.74) is 1.23. The Morgan fingerprint density at radius 3 is 2.45 bits per heavy atom. The van der Waals surface area contributed by atoms with Crippen LogP contribution < -0.4 is 0 Å². The predicted octanol–water partition coefficient (Wildman–Crippen LogP) is 3.77. The van der Waals surface area contributed by atoms with Crippen LogP contribution in [0.3, 0.4) is 0 Å². The molecule has 0 radical (unpaired) electrons. The van der Waals surface area contributed by atoms with Crippen molar-refractivity contribution in [1.82, 2.24) is 0 Å². The van der Waals surface area contributed by atoms with Crippen LogP contribution in [0.4, 0.5) is 0 Å². The summed E-state index contributed by atoms with van der Waals surface area (Å²) in [6.45, 7) is 2.15. The van der Waals surface area contributed by atoms with Crippen molar-refractivity contribution in [3.05, 3.63) is 35.9 Å². The maximum atomic E-state index is 6.11. The zero-order chi connectivity index (χ0) is 8.10. The van der Waals surface area contributed by atoms with Gasteiger partial charge < -0.3 is 0 Å². The molecule has 0 fully saturated rings. The van der Waals surface area contributed by atoms with Crippen LogP contribution >= 0.6 is 11.6 Å². The molecule has 0 amide bonds. The van der Waals surface area contributed by atoms with Gasteiger partial charge in [-0.15, -0.1) is 11.6 Å². The van der Waals surface area contributed by atoms with Crippen LogP contribution in [-0.2, 0) is 0 Å². The average molecular weight is 169 g/mol. The minimum absolute atomic E-state index is 0.196. The van der Waals surface area contributed by atoms with Crippen LogP contribution in [0.25, 0.3) is 0 Å². The molecule has 0 aliphatic rings. The van der Waals surface area contributed by atoms with Gasteiger partial charge in [0.1, 0.15) is 0 Å². The maximum Gasteiger partial charge on any atom is 0.0585 e. The number of rotatable bonds is 3. The smallest absolute Gasteiger partial charge is 0.0585 e. The van der Waals surface area contributed by atoms with E-state index in [0.29, 0.717) is 0 Å². The summed E-state index contributed by atoms with van der Waals surface area (Å²) in [7, 11) is 0. The van der Waals surface area contributed by atoms with E-state index in [-0.39, 0.29) is 5.38 Å². The van der Waals surface area contributed by atoms with Crippen molar-refractivity contribution in [2.24, 2.45) is 0 Å². The zero-order valence-corrected chi connectivity index (χ0v) is 7.51. The Morgan fingerprint density at radius 2 is 1.91 bits per heavy atom. The van der Waals surface area contributed by atoms with E-state index in [9.17, 15) is 0 Å². The van der Waals surface area contributed by atoms with Gasteiger partial charge in [-0.1, -0.05) is 43.7 Å². The number of alkyl halides is 1. The summed E-state index contributed by atoms with van der Waals surface area (Å²) in [6, 6.07) is 10.2. The molecule has 0 saturated carbocycles. The second-order valence-electron chi connectivity index (χ2n) is 2.67. The maximum absolute atomic E-state index is 6.11. The van der Waals surface area contributed by atoms with Crippen molar-refractivity contribution < 1.29 is 0 Å². The Bertz CT molecular complexity index is 193. The molecule has 0 N–H and O–H groups in total. The van der Waals surface area contributed by atoms with Crippen LogP contribution in [0, 0.1) is 0 Å². The first-order valence-electron chi connectivity index (χ1n) is 4.03. The van der Waals surface area contributed by atoms with Gasteiger partial charge in [-0.3, -0.25) is 0 Å². The molecular formula is C10H13Cl. The molecule has 1 aromatic rings. The molecule has 1 rings (SSSR count). The van der Waals surface area contributed by atoms with Gasteiger partial charge in [-0.2, -0.15) is 0 Å². The Labute approximate surface area is 73.2 Å². The molecular weight excluding hydrogens is 156 g/mol. The highest BCUT2D eigenvalue weighted by Gasteiger charge is 2.03. The summed E-state index contributed by atoms with van der Waals surface area (Å²) in [5, 5.41) is 0.196. The zero-order valence-electron chi connectivity index (χ0n) is 6.76. The third-order valence-corrected chi connectivity index (χ3v) is 2.17. The second kappa shape index (κ2) is 4.40. The Kier molecular flexibility index (Phi) is 3.44. The standard InChI is InChI=1S/C10H13Cl/c1-2-6-10(11)9-7-4-3-5-8-9/h3-5,7-8,10H,2,6H2,1H3. The van der Waals surface area contributed by atoms with Crippen molar-refractivity contribution >= 4 is 11.6 Å². The number of benzene rings is 1. The van der Waals surface area contributed by atoms with Gasteiger partial charge in [0.15, 0.2) is 0 Å². The summed E-state index contributed by atoms with van der Waals surface area (Å²) < 4.78 is 0. The first kappa shape index (κ1) is 8.61. The van der Waals surface area contributed by atoms with Gasteiger partial charge in [-0.25, -0.2) is 0 Å². The lowest BCUT2D eigenvalue weighted by Crippen LogP contribution is -1.87. The highest BCUT2D eigenvalue weighted by atomic mass is 35.5. The molecule has 1 aromatic carbocycles. The molecule has 11 heavy (non-hydrogen) atoms. The molecule has 1 heteroatoms. The van der Waals surface area contributed by atoms with Crippen molar-refractivity contribution in [2.75, 3.05) is 0 Å². The molecule has 1 atom stereocenters. The SMILES string of the molecule is CCCC(Cl)c1ccccc1. The molecule has 0 heterocycles. The summed E-state index contributed by atoms with van der Waals surface area (Å²) in [5.74, 6) is 0. The summed E-state index contributed by atoms with van der Waals surface area (Å²) >= 11 is 6.11. The largest absolute Gasteiger partial charge is 0.118 e. The highest BCUT2D eigenvalue weighted by molar-refractivity contribution is 6.20. The van der Waals surface area contributed by atoms with E-state index >= 15 is 0 Å². The van der Waals surface area contributed by atoms with Gasteiger partial charge in [0.05, 0.1) is 5.38 Å². The van der Waals surface area contributed by atoms with Gasteiger partial charge in [0.2, 0.25) is 0 Å². The monoisotopic (exact) mass is 168 g/mol. The molecule has 60 valence electrons. The fraction of sp³-hybridized carbons (Fsp3) is 0.400. The molecule has 0 spiro atoms. The first-order chi connectivity index (χ1) is 5.34. The second-order valence-corrected chi connectivity index (χ2v) is 3.19. The van der Waals surface area contributed by atoms with E-state index in [1.807, 2.05) is 18.2 Å². The lowest BCUT2D eigenvalue weighted by atomic mass is 10.1. The van der Waals surface area contributed by atoms with Crippen LogP contribution in [-0.4, -0.2) is 0 Å². The van der Waals surface area contributed by atoms with E-state index in [4.69, 9.17) is 11.6 Å². The van der Waals surface area contributed by atoms with E-state index < -0.39 is 0 Å². The number of hydrogen-bond acceptors (Lipinski definition) is 0. The van der Waals surface area contributed by atoms with Gasteiger partial charge in [0.25, 0.3) is 0 Å². The molecule has 0 aromatic heterocycles. The van der Waals surface area contributed by atoms with Crippen molar-refractivity contribution in [3.63, 3.8) is 0 Å². The lowest BCUT2D eigenvalue weighted by molar-refractivity contribution is 0.770. The molecule has 0 aliphatic carbocycles. The Morgan fingerprint density at radius 1 is 1.27 bits per heavy atom. The third-order valence-electron chi connectivity index (χ3n) is 1.70. The lowest BCUT2D eigenvalue weighted by Gasteiger charge is -2.06. The first-order valence-corrected chi connectivity index (χ1v) is 4.47. The van der Waals surface area contributed by atoms with E-state index in [1.165, 1.54) is 5.56 Å². The van der Waals surface area contributed by atoms with Crippen LogP contribution in [0.15, 0.2) is 30.3 Å². The molecule has 0 aliphatic heterocycles. The minimum atomic E-state index is 0.196. The molecule has 0 saturated heterocycles. The molecule has 0 bridgehead atoms. The molecule has 1 unspecified atom stereocenters. The predicted molar refractivity (Wildman–Crippen MR) is 49.9 cm³/mol. The topological polar surface area (TPSA) is 0 Å². The van der Waals surface area contributed by atoms with Gasteiger partial charge >= 0.3 is 0 Å². The van der Waals surface area contributed by atoms with E-state index in [2.05, 4.69) is 19.1 Å². The Hall–Kier alpha value is -0.490. The van der Waals surface area contributed by atoms with Gasteiger partial charge in [0, 0.05) is 0 Å². The quantitative estimate of drug-likeness (QED) is 0.603. The summed E-state index contributed by atoms with van der Waals surface area (Å²) in [4.78, 5) is 0. The van der Waals surface area contributed by atoms with Crippen LogP contribution in [0.2, 0.25) is 0 Å². The van der Waals surface area contributed by atoms with Crippen molar-refractivity contribution in [2.45, 2.75) is 25.1 Å². The average Bonchev–Trinajstić information content (AvgIpc) is 2.07. The van der Waals surface area contributed by atoms with Crippen LogP contribution in [0.1, 0.15) is 30.7 Å². The number of halogens is 1.